The number of halogens is 1. The first kappa shape index (κ1) is 19.9. The molecule has 3 N–H and O–H groups in total. The third-order valence-electron chi connectivity index (χ3n) is 3.62. The van der Waals surface area contributed by atoms with Gasteiger partial charge in [-0.2, -0.15) is 0 Å². The van der Waals surface area contributed by atoms with Crippen LogP contribution in [0.25, 0.3) is 0 Å². The molecule has 0 spiro atoms. The van der Waals surface area contributed by atoms with Crippen molar-refractivity contribution >= 4 is 29.9 Å². The van der Waals surface area contributed by atoms with Crippen molar-refractivity contribution < 1.29 is 4.74 Å². The van der Waals surface area contributed by atoms with Crippen LogP contribution in [0.2, 0.25) is 0 Å². The average molecular weight is 399 g/mol. The molecule has 0 amide bonds. The number of methoxy groups -OCH3 is 1. The number of rotatable bonds is 7. The summed E-state index contributed by atoms with van der Waals surface area (Å²) in [5.74, 6) is 0.510. The summed E-state index contributed by atoms with van der Waals surface area (Å²) in [5.41, 5.74) is 5.79. The standard InChI is InChI=1S/C13H29N5O.HI/c1-4-17-6-8-18(9-7-17)12(2)11-16-13(14)15-5-10-19-3;/h12H,4-11H2,1-3H3,(H3,14,15,16);1H. The molecule has 0 saturated carbocycles. The Kier molecular flexibility index (Phi) is 11.5. The number of hydrogen-bond acceptors (Lipinski definition) is 4. The molecule has 1 aliphatic rings. The highest BCUT2D eigenvalue weighted by molar-refractivity contribution is 14.0. The van der Waals surface area contributed by atoms with Gasteiger partial charge in [-0.1, -0.05) is 6.92 Å². The molecule has 0 radical (unpaired) electrons. The van der Waals surface area contributed by atoms with Crippen molar-refractivity contribution in [1.82, 2.24) is 15.1 Å². The van der Waals surface area contributed by atoms with Gasteiger partial charge in [0.2, 0.25) is 0 Å². The highest BCUT2D eigenvalue weighted by atomic mass is 127. The number of hydrogen-bond donors (Lipinski definition) is 2. The van der Waals surface area contributed by atoms with Crippen LogP contribution in [0.1, 0.15) is 13.8 Å². The molecule has 7 heteroatoms. The fourth-order valence-corrected chi connectivity index (χ4v) is 2.20. The van der Waals surface area contributed by atoms with Crippen molar-refractivity contribution in [2.24, 2.45) is 10.7 Å². The van der Waals surface area contributed by atoms with Crippen molar-refractivity contribution in [1.29, 1.82) is 0 Å². The van der Waals surface area contributed by atoms with Crippen LogP contribution in [0, 0.1) is 0 Å². The van der Waals surface area contributed by atoms with E-state index in [9.17, 15) is 0 Å². The molecule has 0 aliphatic carbocycles. The summed E-state index contributed by atoms with van der Waals surface area (Å²) in [4.78, 5) is 9.35. The van der Waals surface area contributed by atoms with Crippen molar-refractivity contribution in [2.45, 2.75) is 19.9 Å². The maximum absolute atomic E-state index is 5.79. The number of piperazine rings is 1. The van der Waals surface area contributed by atoms with Gasteiger partial charge in [0.05, 0.1) is 13.2 Å². The molecular formula is C13H30IN5O. The smallest absolute Gasteiger partial charge is 0.188 e. The second-order valence-electron chi connectivity index (χ2n) is 4.96. The van der Waals surface area contributed by atoms with Crippen LogP contribution in [0.4, 0.5) is 0 Å². The summed E-state index contributed by atoms with van der Waals surface area (Å²) in [5, 5.41) is 3.03. The molecule has 1 fully saturated rings. The van der Waals surface area contributed by atoms with E-state index in [1.54, 1.807) is 7.11 Å². The Balaban J connectivity index is 0.00000361. The summed E-state index contributed by atoms with van der Waals surface area (Å²) in [6.07, 6.45) is 0. The highest BCUT2D eigenvalue weighted by Crippen LogP contribution is 2.06. The van der Waals surface area contributed by atoms with Gasteiger partial charge in [0.15, 0.2) is 5.96 Å². The van der Waals surface area contributed by atoms with Gasteiger partial charge in [0.1, 0.15) is 0 Å². The van der Waals surface area contributed by atoms with E-state index in [1.165, 1.54) is 0 Å². The van der Waals surface area contributed by atoms with E-state index in [0.717, 1.165) is 39.3 Å². The zero-order chi connectivity index (χ0) is 14.1. The van der Waals surface area contributed by atoms with E-state index < -0.39 is 0 Å². The molecule has 120 valence electrons. The molecule has 1 saturated heterocycles. The lowest BCUT2D eigenvalue weighted by Crippen LogP contribution is -2.50. The molecule has 0 aromatic heterocycles. The first-order valence-corrected chi connectivity index (χ1v) is 7.16. The van der Waals surface area contributed by atoms with Gasteiger partial charge < -0.3 is 20.7 Å². The third kappa shape index (κ3) is 7.61. The van der Waals surface area contributed by atoms with Crippen molar-refractivity contribution in [3.8, 4) is 0 Å². The number of guanidine groups is 1. The summed E-state index contributed by atoms with van der Waals surface area (Å²) in [6.45, 7) is 12.2. The third-order valence-corrected chi connectivity index (χ3v) is 3.62. The first-order valence-electron chi connectivity index (χ1n) is 7.16. The van der Waals surface area contributed by atoms with Gasteiger partial charge in [-0.3, -0.25) is 9.89 Å². The van der Waals surface area contributed by atoms with E-state index in [2.05, 4.69) is 34.0 Å². The lowest BCUT2D eigenvalue weighted by molar-refractivity contribution is 0.109. The molecule has 1 heterocycles. The van der Waals surface area contributed by atoms with E-state index in [0.29, 0.717) is 25.2 Å². The number of likely N-dealkylation sites (N-methyl/N-ethyl adjacent to an activating group) is 1. The van der Waals surface area contributed by atoms with Gasteiger partial charge in [-0.25, -0.2) is 0 Å². The van der Waals surface area contributed by atoms with Crippen LogP contribution in [0.3, 0.4) is 0 Å². The lowest BCUT2D eigenvalue weighted by Gasteiger charge is -2.37. The molecule has 1 rings (SSSR count). The first-order chi connectivity index (χ1) is 9.17. The van der Waals surface area contributed by atoms with Crippen LogP contribution < -0.4 is 11.1 Å². The normalized spacial score (nSPS) is 19.4. The van der Waals surface area contributed by atoms with E-state index in [1.807, 2.05) is 0 Å². The topological polar surface area (TPSA) is 66.1 Å². The predicted molar refractivity (Wildman–Crippen MR) is 94.9 cm³/mol. The maximum atomic E-state index is 5.79. The predicted octanol–water partition coefficient (Wildman–Crippen LogP) is 0.181. The van der Waals surface area contributed by atoms with Gasteiger partial charge in [0, 0.05) is 45.9 Å². The molecule has 6 nitrogen and oxygen atoms in total. The molecule has 20 heavy (non-hydrogen) atoms. The molecule has 0 bridgehead atoms. The fraction of sp³-hybridized carbons (Fsp3) is 0.923. The minimum absolute atomic E-state index is 0. The number of aliphatic imine (C=N–C) groups is 1. The molecule has 1 aliphatic heterocycles. The Bertz CT molecular complexity index is 269. The van der Waals surface area contributed by atoms with E-state index in [4.69, 9.17) is 10.5 Å². The van der Waals surface area contributed by atoms with Crippen molar-refractivity contribution in [3.05, 3.63) is 0 Å². The molecular weight excluding hydrogens is 369 g/mol. The van der Waals surface area contributed by atoms with Gasteiger partial charge >= 0.3 is 0 Å². The summed E-state index contributed by atoms with van der Waals surface area (Å²) < 4.78 is 4.95. The number of nitrogens with one attached hydrogen (secondary N) is 1. The zero-order valence-corrected chi connectivity index (χ0v) is 15.3. The summed E-state index contributed by atoms with van der Waals surface area (Å²) >= 11 is 0. The van der Waals surface area contributed by atoms with Gasteiger partial charge in [-0.05, 0) is 13.5 Å². The Morgan fingerprint density at radius 1 is 1.35 bits per heavy atom. The SMILES string of the molecule is CCN1CCN(C(C)CN=C(N)NCCOC)CC1.I. The Morgan fingerprint density at radius 3 is 2.55 bits per heavy atom. The molecule has 1 atom stereocenters. The van der Waals surface area contributed by atoms with Gasteiger partial charge in [0.25, 0.3) is 0 Å². The van der Waals surface area contributed by atoms with Crippen molar-refractivity contribution in [2.75, 3.05) is 59.5 Å². The second kappa shape index (κ2) is 11.5. The summed E-state index contributed by atoms with van der Waals surface area (Å²) in [6, 6.07) is 0.446. The van der Waals surface area contributed by atoms with Crippen LogP contribution >= 0.6 is 24.0 Å². The maximum Gasteiger partial charge on any atom is 0.188 e. The molecule has 0 aromatic carbocycles. The largest absolute Gasteiger partial charge is 0.383 e. The quantitative estimate of drug-likeness (QED) is 0.277. The zero-order valence-electron chi connectivity index (χ0n) is 13.0. The average Bonchev–Trinajstić information content (AvgIpc) is 2.45. The monoisotopic (exact) mass is 399 g/mol. The van der Waals surface area contributed by atoms with E-state index >= 15 is 0 Å². The number of ether oxygens (including phenoxy) is 1. The molecule has 0 aromatic rings. The van der Waals surface area contributed by atoms with Crippen molar-refractivity contribution in [3.63, 3.8) is 0 Å². The van der Waals surface area contributed by atoms with Crippen LogP contribution in [0.5, 0.6) is 0 Å². The lowest BCUT2D eigenvalue weighted by atomic mass is 10.2. The minimum atomic E-state index is 0. The van der Waals surface area contributed by atoms with Crippen LogP contribution in [0.15, 0.2) is 4.99 Å². The second-order valence-corrected chi connectivity index (χ2v) is 4.96. The van der Waals surface area contributed by atoms with E-state index in [-0.39, 0.29) is 24.0 Å². The highest BCUT2D eigenvalue weighted by Gasteiger charge is 2.19. The molecule has 1 unspecified atom stereocenters. The Hall–Kier alpha value is -0.120. The fourth-order valence-electron chi connectivity index (χ4n) is 2.20. The Morgan fingerprint density at radius 2 is 2.00 bits per heavy atom. The minimum Gasteiger partial charge on any atom is -0.383 e. The van der Waals surface area contributed by atoms with Crippen LogP contribution in [-0.4, -0.2) is 81.3 Å². The Labute approximate surface area is 140 Å². The van der Waals surface area contributed by atoms with Gasteiger partial charge in [-0.15, -0.1) is 24.0 Å². The number of nitrogens with zero attached hydrogens (tertiary/aromatic N) is 3. The summed E-state index contributed by atoms with van der Waals surface area (Å²) in [7, 11) is 1.67. The van der Waals surface area contributed by atoms with Crippen LogP contribution in [-0.2, 0) is 4.74 Å². The number of nitrogens with two attached hydrogens (primary N) is 1.